The van der Waals surface area contributed by atoms with Gasteiger partial charge in [-0.3, -0.25) is 4.79 Å². The van der Waals surface area contributed by atoms with Crippen LogP contribution in [0, 0.1) is 23.7 Å². The summed E-state index contributed by atoms with van der Waals surface area (Å²) >= 11 is 2.33. The van der Waals surface area contributed by atoms with E-state index in [0.29, 0.717) is 13.2 Å². The molecule has 1 aliphatic rings. The van der Waals surface area contributed by atoms with Crippen molar-refractivity contribution in [1.29, 1.82) is 0 Å². The van der Waals surface area contributed by atoms with Crippen LogP contribution in [0.25, 0.3) is 0 Å². The molecule has 314 valence electrons. The van der Waals surface area contributed by atoms with E-state index >= 15 is 0 Å². The minimum atomic E-state index is -2.29. The van der Waals surface area contributed by atoms with Gasteiger partial charge >= 0.3 is 6.09 Å². The number of halogens is 1. The lowest BCUT2D eigenvalue weighted by Crippen LogP contribution is -2.54. The summed E-state index contributed by atoms with van der Waals surface area (Å²) in [5.41, 5.74) is 3.18. The first-order chi connectivity index (χ1) is 26.3. The molecule has 3 rings (SSSR count). The Morgan fingerprint density at radius 3 is 2.05 bits per heavy atom. The van der Waals surface area contributed by atoms with Crippen LogP contribution in [0.1, 0.15) is 99.8 Å². The first kappa shape index (κ1) is 48.3. The van der Waals surface area contributed by atoms with Crippen molar-refractivity contribution < 1.29 is 32.7 Å². The summed E-state index contributed by atoms with van der Waals surface area (Å²) in [5, 5.41) is -0.0163. The molecule has 0 radical (unpaired) electrons. The molecule has 1 aliphatic heterocycles. The zero-order valence-electron chi connectivity index (χ0n) is 36.8. The molecule has 0 spiro atoms. The Hall–Kier alpha value is -2.04. The number of hydrogen-bond acceptors (Lipinski definition) is 7. The number of rotatable bonds is 21. The second-order valence-electron chi connectivity index (χ2n) is 17.6. The van der Waals surface area contributed by atoms with Gasteiger partial charge in [0.2, 0.25) is 5.91 Å². The molecule has 1 fully saturated rings. The van der Waals surface area contributed by atoms with E-state index in [1.165, 1.54) is 10.5 Å². The molecular weight excluding hydrogens is 850 g/mol. The highest BCUT2D eigenvalue weighted by Gasteiger charge is 2.50. The number of amides is 2. The monoisotopic (exact) mass is 921 g/mol. The fraction of sp³-hybridized carbons (Fsp3) is 0.644. The minimum absolute atomic E-state index is 0.0163. The summed E-state index contributed by atoms with van der Waals surface area (Å²) in [4.78, 5) is 29.9. The van der Waals surface area contributed by atoms with Crippen LogP contribution in [0.4, 0.5) is 4.79 Å². The molecule has 1 saturated heterocycles. The van der Waals surface area contributed by atoms with E-state index in [4.69, 9.17) is 23.1 Å². The second kappa shape index (κ2) is 21.3. The first-order valence-electron chi connectivity index (χ1n) is 20.7. The number of methoxy groups -OCH3 is 1. The Bertz CT molecular complexity index is 1550. The quantitative estimate of drug-likeness (QED) is 0.0911. The second-order valence-corrected chi connectivity index (χ2v) is 27.7. The topological polar surface area (TPSA) is 83.5 Å². The van der Waals surface area contributed by atoms with E-state index in [0.717, 1.165) is 41.4 Å². The SMILES string of the molecule is CC[Si](CC)(CC)O[C@H]([C@@H](C/C(C)=C/I)[C@H](C)[C@H](O[Si](C)(C)C(C)(C)C)[C@H](C)COCc1ccc(OC)cc1)[C@@H](C)C(=O)N1C(=O)O[C@@H](c2ccccc2)[C@H]1C. The molecule has 0 aliphatic carbocycles. The van der Waals surface area contributed by atoms with Crippen LogP contribution in [0.5, 0.6) is 5.75 Å². The smallest absolute Gasteiger partial charge is 0.417 e. The van der Waals surface area contributed by atoms with Gasteiger partial charge in [-0.25, -0.2) is 9.69 Å². The van der Waals surface area contributed by atoms with Gasteiger partial charge in [0.15, 0.2) is 16.6 Å². The van der Waals surface area contributed by atoms with Gasteiger partial charge in [0.25, 0.3) is 0 Å². The molecule has 11 heteroatoms. The van der Waals surface area contributed by atoms with Crippen molar-refractivity contribution in [2.75, 3.05) is 13.7 Å². The Kier molecular flexibility index (Phi) is 18.4. The number of carbonyl (C=O) groups is 2. The van der Waals surface area contributed by atoms with Crippen molar-refractivity contribution in [3.8, 4) is 5.75 Å². The summed E-state index contributed by atoms with van der Waals surface area (Å²) in [6, 6.07) is 20.0. The summed E-state index contributed by atoms with van der Waals surface area (Å²) in [6.07, 6.45) is -1.02. The van der Waals surface area contributed by atoms with Crippen LogP contribution in [0.3, 0.4) is 0 Å². The third-order valence-corrected chi connectivity index (χ3v) is 23.0. The maximum atomic E-state index is 14.9. The molecule has 0 N–H and O–H groups in total. The van der Waals surface area contributed by atoms with E-state index in [2.05, 4.69) is 102 Å². The third kappa shape index (κ3) is 12.0. The molecule has 2 amide bonds. The predicted molar refractivity (Wildman–Crippen MR) is 242 cm³/mol. The van der Waals surface area contributed by atoms with Crippen LogP contribution >= 0.6 is 22.6 Å². The van der Waals surface area contributed by atoms with Crippen LogP contribution in [-0.2, 0) is 29.7 Å². The first-order valence-corrected chi connectivity index (χ1v) is 27.4. The van der Waals surface area contributed by atoms with E-state index < -0.39 is 46.9 Å². The molecule has 0 aromatic heterocycles. The number of benzene rings is 2. The number of hydrogen-bond donors (Lipinski definition) is 0. The number of imide groups is 1. The van der Waals surface area contributed by atoms with E-state index in [1.807, 2.05) is 68.4 Å². The number of allylic oxidation sites excluding steroid dienone is 1. The lowest BCUT2D eigenvalue weighted by Gasteiger charge is -2.47. The number of nitrogens with zero attached hydrogens (tertiary/aromatic N) is 1. The van der Waals surface area contributed by atoms with Crippen molar-refractivity contribution in [1.82, 2.24) is 4.90 Å². The van der Waals surface area contributed by atoms with Crippen molar-refractivity contribution in [3.63, 3.8) is 0 Å². The molecule has 0 bridgehead atoms. The molecule has 0 unspecified atom stereocenters. The van der Waals surface area contributed by atoms with Crippen LogP contribution in [0.2, 0.25) is 36.3 Å². The lowest BCUT2D eigenvalue weighted by atomic mass is 9.74. The van der Waals surface area contributed by atoms with Crippen LogP contribution in [-0.4, -0.2) is 65.5 Å². The predicted octanol–water partition coefficient (Wildman–Crippen LogP) is 12.4. The van der Waals surface area contributed by atoms with Gasteiger partial charge in [-0.2, -0.15) is 0 Å². The fourth-order valence-electron chi connectivity index (χ4n) is 7.75. The molecule has 1 heterocycles. The Morgan fingerprint density at radius 2 is 1.54 bits per heavy atom. The fourth-order valence-corrected chi connectivity index (χ4v) is 12.4. The maximum absolute atomic E-state index is 14.9. The molecule has 8 atom stereocenters. The highest BCUT2D eigenvalue weighted by molar-refractivity contribution is 14.1. The van der Waals surface area contributed by atoms with Crippen molar-refractivity contribution in [2.45, 2.75) is 150 Å². The Labute approximate surface area is 355 Å². The summed E-state index contributed by atoms with van der Waals surface area (Å²) in [6.45, 7) is 29.7. The maximum Gasteiger partial charge on any atom is 0.417 e. The van der Waals surface area contributed by atoms with Gasteiger partial charge in [-0.15, -0.1) is 0 Å². The van der Waals surface area contributed by atoms with Gasteiger partial charge in [0.1, 0.15) is 11.9 Å². The molecule has 8 nitrogen and oxygen atoms in total. The largest absolute Gasteiger partial charge is 0.497 e. The zero-order chi connectivity index (χ0) is 42.0. The Morgan fingerprint density at radius 1 is 0.946 bits per heavy atom. The summed E-state index contributed by atoms with van der Waals surface area (Å²) in [5.74, 6) is -0.106. The average Bonchev–Trinajstić information content (AvgIpc) is 3.48. The minimum Gasteiger partial charge on any atom is -0.497 e. The van der Waals surface area contributed by atoms with Gasteiger partial charge < -0.3 is 23.1 Å². The van der Waals surface area contributed by atoms with E-state index in [-0.39, 0.29) is 34.8 Å². The molecule has 2 aromatic rings. The van der Waals surface area contributed by atoms with Crippen molar-refractivity contribution in [3.05, 3.63) is 75.4 Å². The molecule has 0 saturated carbocycles. The van der Waals surface area contributed by atoms with Gasteiger partial charge in [-0.05, 0) is 95.7 Å². The summed E-state index contributed by atoms with van der Waals surface area (Å²) in [7, 11) is -2.89. The average molecular weight is 922 g/mol. The van der Waals surface area contributed by atoms with Crippen LogP contribution < -0.4 is 4.74 Å². The van der Waals surface area contributed by atoms with Crippen molar-refractivity contribution in [2.24, 2.45) is 23.7 Å². The molecule has 56 heavy (non-hydrogen) atoms. The highest BCUT2D eigenvalue weighted by Crippen LogP contribution is 2.44. The van der Waals surface area contributed by atoms with Gasteiger partial charge in [-0.1, -0.05) is 133 Å². The van der Waals surface area contributed by atoms with Crippen molar-refractivity contribution >= 4 is 51.2 Å². The highest BCUT2D eigenvalue weighted by atomic mass is 127. The zero-order valence-corrected chi connectivity index (χ0v) is 41.0. The van der Waals surface area contributed by atoms with E-state index in [1.54, 1.807) is 7.11 Å². The van der Waals surface area contributed by atoms with Crippen LogP contribution in [0.15, 0.2) is 64.3 Å². The number of carbonyl (C=O) groups excluding carboxylic acids is 2. The third-order valence-electron chi connectivity index (χ3n) is 12.8. The van der Waals surface area contributed by atoms with Gasteiger partial charge in [0.05, 0.1) is 44.5 Å². The Balaban J connectivity index is 2.10. The lowest BCUT2D eigenvalue weighted by molar-refractivity contribution is -0.138. The number of ether oxygens (including phenoxy) is 3. The summed E-state index contributed by atoms with van der Waals surface area (Å²) < 4.78 is 34.8. The normalized spacial score (nSPS) is 20.2. The standard InChI is InChI=1S/C45H72INO7Si2/c1-15-56(16-2,17-3)54-41(34(7)43(48)47-35(8)42(52-44(47)49)37-21-19-18-20-22-37)39(27-31(4)28-46)33(6)40(53-55(13,14)45(9,10)11)32(5)29-51-30-36-23-25-38(50-12)26-24-36/h18-26,28,32-35,39-42H,15-17,27,29-30H2,1-14H3/b31-28+/t32-,33+,34-,35-,39+,40-,41+,42-/m1/s1. The molecule has 2 aromatic carbocycles. The molecular formula is C45H72INO7Si2. The van der Waals surface area contributed by atoms with E-state index in [9.17, 15) is 9.59 Å². The van der Waals surface area contributed by atoms with Gasteiger partial charge in [0, 0.05) is 5.92 Å². The number of cyclic esters (lactones) is 1.